The van der Waals surface area contributed by atoms with E-state index in [1.807, 2.05) is 85.8 Å². The number of carbonyl (C=O) groups excluding carboxylic acids is 1. The largest absolute Gasteiger partial charge is 0.484 e. The predicted molar refractivity (Wildman–Crippen MR) is 173 cm³/mol. The minimum Gasteiger partial charge on any atom is -0.484 e. The molecule has 1 N–H and O–H groups in total. The Bertz CT molecular complexity index is 1960. The Kier molecular flexibility index (Phi) is 7.95. The van der Waals surface area contributed by atoms with Crippen molar-refractivity contribution in [3.8, 4) is 28.1 Å². The Morgan fingerprint density at radius 2 is 1.69 bits per heavy atom. The number of fused-ring (bicyclic) bond motifs is 2. The van der Waals surface area contributed by atoms with E-state index in [1.165, 1.54) is 6.21 Å². The molecule has 0 bridgehead atoms. The van der Waals surface area contributed by atoms with E-state index < -0.39 is 5.91 Å². The number of aromatic nitrogens is 2. The number of aryl methyl sites for hydroxylation is 1. The molecule has 4 aromatic carbocycles. The number of pyridine rings is 2. The molecule has 6 nitrogen and oxygen atoms in total. The molecule has 0 saturated carbocycles. The molecule has 0 atom stereocenters. The average Bonchev–Trinajstić information content (AvgIpc) is 3.00. The van der Waals surface area contributed by atoms with Crippen molar-refractivity contribution in [2.75, 3.05) is 6.61 Å². The molecule has 0 aliphatic rings. The summed E-state index contributed by atoms with van der Waals surface area (Å²) in [5.41, 5.74) is 9.91. The van der Waals surface area contributed by atoms with E-state index in [-0.39, 0.29) is 6.61 Å². The highest BCUT2D eigenvalue weighted by Gasteiger charge is 2.11. The van der Waals surface area contributed by atoms with Crippen molar-refractivity contribution in [2.24, 2.45) is 5.10 Å². The molecule has 2 aromatic heterocycles. The van der Waals surface area contributed by atoms with E-state index in [1.54, 1.807) is 0 Å². The lowest BCUT2D eigenvalue weighted by Crippen LogP contribution is -2.24. The summed E-state index contributed by atoms with van der Waals surface area (Å²) in [6, 6.07) is 33.8. The van der Waals surface area contributed by atoms with Crippen molar-refractivity contribution in [1.82, 2.24) is 15.4 Å². The minimum absolute atomic E-state index is 0.194. The van der Waals surface area contributed by atoms with Gasteiger partial charge < -0.3 is 4.74 Å². The number of hydrazone groups is 1. The average molecular weight is 636 g/mol. The molecular weight excluding hydrogens is 612 g/mol. The van der Waals surface area contributed by atoms with Gasteiger partial charge in [-0.3, -0.25) is 4.79 Å². The van der Waals surface area contributed by atoms with E-state index >= 15 is 0 Å². The summed E-state index contributed by atoms with van der Waals surface area (Å²) in [4.78, 5) is 21.6. The summed E-state index contributed by atoms with van der Waals surface area (Å²) in [6.45, 7) is 1.82. The number of hydrogen-bond acceptors (Lipinski definition) is 5. The van der Waals surface area contributed by atoms with Crippen molar-refractivity contribution in [3.63, 3.8) is 0 Å². The number of hydrogen-bond donors (Lipinski definition) is 1. The van der Waals surface area contributed by atoms with Crippen LogP contribution in [0.4, 0.5) is 0 Å². The first-order chi connectivity index (χ1) is 20.4. The number of carbonyl (C=O) groups is 1. The molecule has 0 spiro atoms. The van der Waals surface area contributed by atoms with Gasteiger partial charge in [-0.25, -0.2) is 15.4 Å². The van der Waals surface area contributed by atoms with Crippen molar-refractivity contribution in [3.05, 3.63) is 124 Å². The van der Waals surface area contributed by atoms with Gasteiger partial charge in [-0.2, -0.15) is 5.10 Å². The maximum absolute atomic E-state index is 12.3. The van der Waals surface area contributed by atoms with Crippen molar-refractivity contribution < 1.29 is 9.53 Å². The van der Waals surface area contributed by atoms with Gasteiger partial charge in [0.2, 0.25) is 0 Å². The third kappa shape index (κ3) is 6.17. The summed E-state index contributed by atoms with van der Waals surface area (Å²) in [6.07, 6.45) is 1.47. The molecular formula is C34H24BrClN4O2. The molecule has 0 radical (unpaired) electrons. The van der Waals surface area contributed by atoms with Crippen LogP contribution < -0.4 is 10.2 Å². The maximum atomic E-state index is 12.3. The molecule has 0 aliphatic carbocycles. The molecule has 8 heteroatoms. The number of ether oxygens (including phenoxy) is 1. The van der Waals surface area contributed by atoms with Gasteiger partial charge in [0, 0.05) is 26.4 Å². The highest BCUT2D eigenvalue weighted by molar-refractivity contribution is 9.10. The number of halogens is 2. The van der Waals surface area contributed by atoms with Crippen LogP contribution in [-0.2, 0) is 4.79 Å². The van der Waals surface area contributed by atoms with Gasteiger partial charge in [0.25, 0.3) is 5.91 Å². The van der Waals surface area contributed by atoms with Gasteiger partial charge in [-0.1, -0.05) is 69.5 Å². The summed E-state index contributed by atoms with van der Waals surface area (Å²) in [7, 11) is 0. The summed E-state index contributed by atoms with van der Waals surface area (Å²) in [5.74, 6) is 0.161. The van der Waals surface area contributed by atoms with Gasteiger partial charge in [0.1, 0.15) is 10.9 Å². The number of nitrogens with zero attached hydrogens (tertiary/aromatic N) is 3. The van der Waals surface area contributed by atoms with E-state index in [2.05, 4.69) is 55.7 Å². The first-order valence-electron chi connectivity index (χ1n) is 13.2. The van der Waals surface area contributed by atoms with Gasteiger partial charge >= 0.3 is 0 Å². The van der Waals surface area contributed by atoms with Crippen LogP contribution in [-0.4, -0.2) is 28.7 Å². The zero-order valence-electron chi connectivity index (χ0n) is 22.5. The van der Waals surface area contributed by atoms with E-state index in [0.717, 1.165) is 54.2 Å². The summed E-state index contributed by atoms with van der Waals surface area (Å²) in [5, 5.41) is 6.35. The first-order valence-corrected chi connectivity index (χ1v) is 14.4. The molecule has 0 unspecified atom stereocenters. The van der Waals surface area contributed by atoms with Crippen molar-refractivity contribution in [1.29, 1.82) is 0 Å². The van der Waals surface area contributed by atoms with E-state index in [9.17, 15) is 4.79 Å². The highest BCUT2D eigenvalue weighted by Crippen LogP contribution is 2.34. The molecule has 0 aliphatic heterocycles. The molecule has 1 amide bonds. The second kappa shape index (κ2) is 12.1. The van der Waals surface area contributed by atoms with Crippen LogP contribution >= 0.6 is 27.5 Å². The van der Waals surface area contributed by atoms with Gasteiger partial charge in [0.05, 0.1) is 22.9 Å². The fourth-order valence-electron chi connectivity index (χ4n) is 4.66. The highest BCUT2D eigenvalue weighted by atomic mass is 79.9. The molecule has 0 fully saturated rings. The molecule has 2 heterocycles. The Morgan fingerprint density at radius 1 is 0.905 bits per heavy atom. The summed E-state index contributed by atoms with van der Waals surface area (Å²) < 4.78 is 6.68. The Balaban J connectivity index is 1.13. The molecule has 0 saturated heterocycles. The van der Waals surface area contributed by atoms with Gasteiger partial charge in [0.15, 0.2) is 6.61 Å². The smallest absolute Gasteiger partial charge is 0.277 e. The molecule has 206 valence electrons. The van der Waals surface area contributed by atoms with Crippen LogP contribution in [0.5, 0.6) is 5.75 Å². The Labute approximate surface area is 256 Å². The Morgan fingerprint density at radius 3 is 2.50 bits per heavy atom. The zero-order valence-corrected chi connectivity index (χ0v) is 24.9. The third-order valence-electron chi connectivity index (χ3n) is 6.72. The van der Waals surface area contributed by atoms with E-state index in [0.29, 0.717) is 16.5 Å². The van der Waals surface area contributed by atoms with Crippen LogP contribution in [0.25, 0.3) is 44.2 Å². The van der Waals surface area contributed by atoms with Crippen LogP contribution in [0.1, 0.15) is 11.1 Å². The fraction of sp³-hybridized carbons (Fsp3) is 0.0588. The predicted octanol–water partition coefficient (Wildman–Crippen LogP) is 8.37. The minimum atomic E-state index is -0.397. The van der Waals surface area contributed by atoms with Crippen LogP contribution in [0.2, 0.25) is 5.15 Å². The number of rotatable bonds is 7. The van der Waals surface area contributed by atoms with Crippen molar-refractivity contribution in [2.45, 2.75) is 6.92 Å². The molecule has 6 rings (SSSR count). The first kappa shape index (κ1) is 27.6. The maximum Gasteiger partial charge on any atom is 0.277 e. The lowest BCUT2D eigenvalue weighted by atomic mass is 9.98. The topological polar surface area (TPSA) is 76.5 Å². The lowest BCUT2D eigenvalue weighted by Gasteiger charge is -2.11. The van der Waals surface area contributed by atoms with Gasteiger partial charge in [-0.05, 0) is 84.8 Å². The third-order valence-corrected chi connectivity index (χ3v) is 7.52. The van der Waals surface area contributed by atoms with Crippen LogP contribution in [0.15, 0.2) is 113 Å². The second-order valence-electron chi connectivity index (χ2n) is 9.75. The normalized spacial score (nSPS) is 11.3. The number of benzene rings is 4. The van der Waals surface area contributed by atoms with E-state index in [4.69, 9.17) is 21.3 Å². The molecule has 6 aromatic rings. The number of nitrogens with one attached hydrogen (secondary N) is 1. The second-order valence-corrected chi connectivity index (χ2v) is 11.0. The zero-order chi connectivity index (χ0) is 29.1. The van der Waals surface area contributed by atoms with Crippen LogP contribution in [0.3, 0.4) is 0 Å². The molecule has 42 heavy (non-hydrogen) atoms. The monoisotopic (exact) mass is 634 g/mol. The summed E-state index contributed by atoms with van der Waals surface area (Å²) >= 11 is 9.87. The quantitative estimate of drug-likeness (QED) is 0.109. The van der Waals surface area contributed by atoms with Gasteiger partial charge in [-0.15, -0.1) is 0 Å². The fourth-order valence-corrected chi connectivity index (χ4v) is 5.21. The van der Waals surface area contributed by atoms with Crippen LogP contribution in [0, 0.1) is 6.92 Å². The standard InChI is InChI=1S/C34H24BrClN4O2/c1-21-7-13-30-24(15-21)16-25(34(36)39-30)19-37-40-33(41)20-42-27-11-8-23(9-12-27)32-18-28(22-5-3-2-4-6-22)29-17-26(35)10-14-31(29)38-32/h2-19H,20H2,1H3,(H,40,41)/b37-19+. The lowest BCUT2D eigenvalue weighted by molar-refractivity contribution is -0.123. The Hall–Kier alpha value is -4.59. The van der Waals surface area contributed by atoms with Crippen molar-refractivity contribution >= 4 is 61.5 Å². The SMILES string of the molecule is Cc1ccc2nc(Cl)c(/C=N/NC(=O)COc3ccc(-c4cc(-c5ccccc5)c5cc(Br)ccc5n4)cc3)cc2c1. The number of amides is 1.